The van der Waals surface area contributed by atoms with Crippen molar-refractivity contribution >= 4 is 22.8 Å². The summed E-state index contributed by atoms with van der Waals surface area (Å²) in [4.78, 5) is 18.0. The molecule has 1 saturated carbocycles. The molecule has 2 N–H and O–H groups in total. The van der Waals surface area contributed by atoms with E-state index in [0.29, 0.717) is 0 Å². The molecule has 1 unspecified atom stereocenters. The van der Waals surface area contributed by atoms with Crippen LogP contribution in [0.1, 0.15) is 86.8 Å². The molecule has 0 radical (unpaired) electrons. The Balaban J connectivity index is 0.000000431. The van der Waals surface area contributed by atoms with Gasteiger partial charge in [-0.3, -0.25) is 9.79 Å². The van der Waals surface area contributed by atoms with Crippen LogP contribution in [0.5, 0.6) is 0 Å². The van der Waals surface area contributed by atoms with Crippen molar-refractivity contribution in [1.82, 2.24) is 0 Å². The molecule has 1 heterocycles. The number of aliphatic imine (C=N–C) groups is 1. The van der Waals surface area contributed by atoms with Crippen LogP contribution in [0.25, 0.3) is 0 Å². The lowest BCUT2D eigenvalue weighted by Gasteiger charge is -2.18. The molecule has 1 atom stereocenters. The summed E-state index contributed by atoms with van der Waals surface area (Å²) in [7, 11) is 0. The van der Waals surface area contributed by atoms with Gasteiger partial charge in [-0.25, -0.2) is 0 Å². The summed E-state index contributed by atoms with van der Waals surface area (Å²) in [6.07, 6.45) is 13.6. The van der Waals surface area contributed by atoms with E-state index in [2.05, 4.69) is 30.6 Å². The molecule has 1 fully saturated rings. The quantitative estimate of drug-likeness (QED) is 0.276. The highest BCUT2D eigenvalue weighted by atomic mass is 32.1. The Morgan fingerprint density at radius 3 is 2.35 bits per heavy atom. The summed E-state index contributed by atoms with van der Waals surface area (Å²) >= 11 is 1.89. The first kappa shape index (κ1) is 25.2. The van der Waals surface area contributed by atoms with Gasteiger partial charge in [0.25, 0.3) is 0 Å². The minimum absolute atomic E-state index is 0. The van der Waals surface area contributed by atoms with Gasteiger partial charge in [-0.2, -0.15) is 0 Å². The van der Waals surface area contributed by atoms with Crippen molar-refractivity contribution in [1.29, 1.82) is 0 Å². The van der Waals surface area contributed by atoms with E-state index >= 15 is 0 Å². The standard InChI is InChI=1S/C19H30N2S.C8H8O.H2/c1-3-9-19(20)21-15(2)18-13-12-17(22-18)14-16-10-7-5-4-6-8-11-16;1-7(9)8-5-3-2-4-6-8;/h3,12-13,16,19H,1,4-11,14,20H2,2H3;2-6H,1H3;1H/b21-15+;;. The maximum atomic E-state index is 10.6. The Labute approximate surface area is 194 Å². The zero-order valence-corrected chi connectivity index (χ0v) is 20.0. The molecule has 170 valence electrons. The second kappa shape index (κ2) is 14.1. The molecule has 0 aliphatic heterocycles. The van der Waals surface area contributed by atoms with E-state index in [4.69, 9.17) is 5.73 Å². The van der Waals surface area contributed by atoms with Gasteiger partial charge in [0.1, 0.15) is 6.17 Å². The second-order valence-corrected chi connectivity index (χ2v) is 9.58. The summed E-state index contributed by atoms with van der Waals surface area (Å²) in [6, 6.07) is 13.7. The number of nitrogens with two attached hydrogens (primary N) is 1. The smallest absolute Gasteiger partial charge is 0.159 e. The van der Waals surface area contributed by atoms with E-state index in [0.717, 1.165) is 23.6 Å². The molecule has 3 nitrogen and oxygen atoms in total. The van der Waals surface area contributed by atoms with Crippen molar-refractivity contribution in [3.63, 3.8) is 0 Å². The fourth-order valence-corrected chi connectivity index (χ4v) is 4.99. The van der Waals surface area contributed by atoms with Crippen LogP contribution in [-0.2, 0) is 6.42 Å². The number of ketones is 1. The molecule has 4 heteroatoms. The predicted octanol–water partition coefficient (Wildman–Crippen LogP) is 7.46. The van der Waals surface area contributed by atoms with E-state index in [1.165, 1.54) is 61.1 Å². The molecule has 1 aromatic carbocycles. The number of benzene rings is 1. The number of Topliss-reactive ketones (excluding diaryl/α,β-unsaturated/α-hetero) is 1. The molecule has 3 rings (SSSR count). The largest absolute Gasteiger partial charge is 0.309 e. The lowest BCUT2D eigenvalue weighted by molar-refractivity contribution is 0.101. The number of hydrogen-bond donors (Lipinski definition) is 1. The van der Waals surface area contributed by atoms with Gasteiger partial charge in [-0.1, -0.05) is 81.4 Å². The summed E-state index contributed by atoms with van der Waals surface area (Å²) in [5, 5.41) is 0. The molecular formula is C27H40N2OS. The zero-order chi connectivity index (χ0) is 22.5. The van der Waals surface area contributed by atoms with Crippen LogP contribution < -0.4 is 5.73 Å². The average Bonchev–Trinajstić information content (AvgIpc) is 3.20. The lowest BCUT2D eigenvalue weighted by atomic mass is 9.88. The number of hydrogen-bond acceptors (Lipinski definition) is 4. The van der Waals surface area contributed by atoms with Crippen LogP contribution in [0.3, 0.4) is 0 Å². The average molecular weight is 441 g/mol. The first-order chi connectivity index (χ1) is 15.0. The first-order valence-electron chi connectivity index (χ1n) is 11.6. The highest BCUT2D eigenvalue weighted by molar-refractivity contribution is 7.14. The third kappa shape index (κ3) is 9.75. The summed E-state index contributed by atoms with van der Waals surface area (Å²) in [5.74, 6) is 1.00. The first-order valence-corrected chi connectivity index (χ1v) is 12.4. The van der Waals surface area contributed by atoms with E-state index in [1.807, 2.05) is 47.7 Å². The summed E-state index contributed by atoms with van der Waals surface area (Å²) in [5.41, 5.74) is 7.79. The Morgan fingerprint density at radius 2 is 1.77 bits per heavy atom. The normalized spacial score (nSPS) is 16.4. The van der Waals surface area contributed by atoms with E-state index in [-0.39, 0.29) is 13.4 Å². The maximum absolute atomic E-state index is 10.6. The Morgan fingerprint density at radius 1 is 1.13 bits per heavy atom. The second-order valence-electron chi connectivity index (χ2n) is 8.41. The van der Waals surface area contributed by atoms with Crippen molar-refractivity contribution in [2.24, 2.45) is 16.6 Å². The topological polar surface area (TPSA) is 55.4 Å². The fourth-order valence-electron chi connectivity index (χ4n) is 3.92. The van der Waals surface area contributed by atoms with Crippen molar-refractivity contribution in [3.05, 3.63) is 70.4 Å². The fraction of sp³-hybridized carbons (Fsp3) is 0.481. The molecule has 2 aromatic rings. The van der Waals surface area contributed by atoms with Crippen LogP contribution in [0.4, 0.5) is 0 Å². The van der Waals surface area contributed by atoms with Crippen LogP contribution in [0, 0.1) is 5.92 Å². The minimum atomic E-state index is -0.159. The minimum Gasteiger partial charge on any atom is -0.309 e. The van der Waals surface area contributed by atoms with Gasteiger partial charge in [0.2, 0.25) is 0 Å². The van der Waals surface area contributed by atoms with E-state index in [1.54, 1.807) is 6.92 Å². The number of carbonyl (C=O) groups excluding carboxylic acids is 1. The Bertz CT molecular complexity index is 823. The van der Waals surface area contributed by atoms with Gasteiger partial charge in [-0.05, 0) is 38.3 Å². The summed E-state index contributed by atoms with van der Waals surface area (Å²) < 4.78 is 0. The van der Waals surface area contributed by atoms with Crippen LogP contribution in [-0.4, -0.2) is 17.7 Å². The van der Waals surface area contributed by atoms with Crippen LogP contribution in [0.2, 0.25) is 0 Å². The highest BCUT2D eigenvalue weighted by Gasteiger charge is 2.14. The molecule has 1 aliphatic rings. The lowest BCUT2D eigenvalue weighted by Crippen LogP contribution is -2.17. The predicted molar refractivity (Wildman–Crippen MR) is 137 cm³/mol. The zero-order valence-electron chi connectivity index (χ0n) is 19.2. The van der Waals surface area contributed by atoms with E-state index < -0.39 is 0 Å². The molecule has 1 aliphatic carbocycles. The monoisotopic (exact) mass is 440 g/mol. The molecule has 0 spiro atoms. The number of thiophene rings is 1. The maximum Gasteiger partial charge on any atom is 0.159 e. The van der Waals surface area contributed by atoms with Gasteiger partial charge >= 0.3 is 0 Å². The number of nitrogens with zero attached hydrogens (tertiary/aromatic N) is 1. The van der Waals surface area contributed by atoms with E-state index in [9.17, 15) is 4.79 Å². The molecular weight excluding hydrogens is 400 g/mol. The number of rotatable bonds is 7. The molecule has 0 bridgehead atoms. The Kier molecular flexibility index (Phi) is 11.5. The van der Waals surface area contributed by atoms with Gasteiger partial charge in [0, 0.05) is 23.2 Å². The van der Waals surface area contributed by atoms with Gasteiger partial charge in [0.05, 0.1) is 5.71 Å². The molecule has 0 saturated heterocycles. The third-order valence-electron chi connectivity index (χ3n) is 5.68. The van der Waals surface area contributed by atoms with Gasteiger partial charge < -0.3 is 5.73 Å². The molecule has 1 aromatic heterocycles. The van der Waals surface area contributed by atoms with Crippen molar-refractivity contribution in [2.45, 2.75) is 77.8 Å². The molecule has 0 amide bonds. The molecule has 31 heavy (non-hydrogen) atoms. The highest BCUT2D eigenvalue weighted by Crippen LogP contribution is 2.28. The summed E-state index contributed by atoms with van der Waals surface area (Å²) in [6.45, 7) is 7.35. The van der Waals surface area contributed by atoms with Crippen LogP contribution in [0.15, 0.2) is 60.1 Å². The number of carbonyl (C=O) groups is 1. The Hall–Kier alpha value is -2.04. The van der Waals surface area contributed by atoms with Crippen molar-refractivity contribution in [3.8, 4) is 0 Å². The van der Waals surface area contributed by atoms with Gasteiger partial charge in [-0.15, -0.1) is 17.9 Å². The third-order valence-corrected chi connectivity index (χ3v) is 6.90. The SMILES string of the molecule is C=CCC(N)/N=C(\C)c1ccc(CC2CCCCCCC2)s1.CC(=O)c1ccccc1.[HH]. The van der Waals surface area contributed by atoms with Crippen molar-refractivity contribution < 1.29 is 6.22 Å². The van der Waals surface area contributed by atoms with Crippen LogP contribution >= 0.6 is 11.3 Å². The van der Waals surface area contributed by atoms with Crippen molar-refractivity contribution in [2.75, 3.05) is 0 Å². The van der Waals surface area contributed by atoms with Gasteiger partial charge in [0.15, 0.2) is 5.78 Å².